The minimum Gasteiger partial charge on any atom is -0.489 e. The van der Waals surface area contributed by atoms with Crippen LogP contribution in [0.1, 0.15) is 48.0 Å². The minimum absolute atomic E-state index is 0.0352. The Hall–Kier alpha value is -3.45. The van der Waals surface area contributed by atoms with Gasteiger partial charge in [-0.25, -0.2) is 4.98 Å². The van der Waals surface area contributed by atoms with Crippen molar-refractivity contribution in [3.8, 4) is 16.9 Å². The maximum atomic E-state index is 12.8. The summed E-state index contributed by atoms with van der Waals surface area (Å²) in [5, 5.41) is 3.28. The molecule has 198 valence electrons. The molecule has 2 fully saturated rings. The van der Waals surface area contributed by atoms with E-state index < -0.39 is 0 Å². The zero-order valence-corrected chi connectivity index (χ0v) is 22.0. The molecule has 1 aliphatic carbocycles. The van der Waals surface area contributed by atoms with E-state index in [2.05, 4.69) is 31.2 Å². The number of rotatable bonds is 7. The molecule has 7 nitrogen and oxygen atoms in total. The van der Waals surface area contributed by atoms with Gasteiger partial charge >= 0.3 is 0 Å². The smallest absolute Gasteiger partial charge is 0.251 e. The number of anilines is 1. The number of nitrogens with zero attached hydrogens (tertiary/aromatic N) is 4. The predicted molar refractivity (Wildman–Crippen MR) is 150 cm³/mol. The van der Waals surface area contributed by atoms with Crippen LogP contribution in [0.3, 0.4) is 0 Å². The second-order valence-corrected chi connectivity index (χ2v) is 10.8. The number of fused-ring (bicyclic) bond motifs is 1. The first kappa shape index (κ1) is 24.9. The van der Waals surface area contributed by atoms with E-state index in [1.807, 2.05) is 48.8 Å². The number of ether oxygens (including phenoxy) is 1. The number of piperazine rings is 1. The van der Waals surface area contributed by atoms with Gasteiger partial charge in [0.25, 0.3) is 5.91 Å². The lowest BCUT2D eigenvalue weighted by Gasteiger charge is -2.37. The molecule has 0 atom stereocenters. The van der Waals surface area contributed by atoms with Crippen molar-refractivity contribution < 1.29 is 9.53 Å². The van der Waals surface area contributed by atoms with Gasteiger partial charge in [-0.2, -0.15) is 0 Å². The maximum absolute atomic E-state index is 12.8. The second kappa shape index (κ2) is 11.5. The van der Waals surface area contributed by atoms with Gasteiger partial charge in [-0.05, 0) is 80.0 Å². The molecule has 3 aromatic rings. The number of nitrogens with one attached hydrogen (secondary N) is 1. The lowest BCUT2D eigenvalue weighted by Crippen LogP contribution is -2.47. The van der Waals surface area contributed by atoms with Crippen LogP contribution in [0.5, 0.6) is 5.75 Å². The number of carbonyl (C=O) groups excluding carboxylic acids is 1. The van der Waals surface area contributed by atoms with Gasteiger partial charge in [-0.1, -0.05) is 18.2 Å². The van der Waals surface area contributed by atoms with E-state index in [9.17, 15) is 4.79 Å². The average molecular weight is 512 g/mol. The van der Waals surface area contributed by atoms with Crippen molar-refractivity contribution in [2.24, 2.45) is 5.92 Å². The zero-order chi connectivity index (χ0) is 25.7. The fourth-order valence-electron chi connectivity index (χ4n) is 6.08. The second-order valence-electron chi connectivity index (χ2n) is 10.8. The van der Waals surface area contributed by atoms with E-state index in [1.54, 1.807) is 6.20 Å². The number of carbonyl (C=O) groups is 1. The van der Waals surface area contributed by atoms with Gasteiger partial charge in [-0.3, -0.25) is 14.7 Å². The number of pyridine rings is 2. The Kier molecular flexibility index (Phi) is 7.54. The van der Waals surface area contributed by atoms with Crippen LogP contribution in [0.2, 0.25) is 0 Å². The number of hydrogen-bond donors (Lipinski definition) is 1. The van der Waals surface area contributed by atoms with Gasteiger partial charge < -0.3 is 15.0 Å². The Labute approximate surface area is 225 Å². The average Bonchev–Trinajstić information content (AvgIpc) is 3.47. The molecule has 38 heavy (non-hydrogen) atoms. The van der Waals surface area contributed by atoms with E-state index in [1.165, 1.54) is 24.8 Å². The van der Waals surface area contributed by atoms with Gasteiger partial charge in [0.15, 0.2) is 11.6 Å². The highest BCUT2D eigenvalue weighted by Crippen LogP contribution is 2.34. The van der Waals surface area contributed by atoms with Crippen LogP contribution in [-0.2, 0) is 6.42 Å². The fraction of sp³-hybridized carbons (Fsp3) is 0.452. The SMILES string of the molecule is O=C(N[C@H]1CC[C@H](CCN2CCN(c3nccc4c3OCC4)CC2)CC1)c1ccc(-c2cccnc2)cc1. The third-order valence-corrected chi connectivity index (χ3v) is 8.43. The van der Waals surface area contributed by atoms with Crippen molar-refractivity contribution in [1.29, 1.82) is 0 Å². The van der Waals surface area contributed by atoms with Crippen molar-refractivity contribution in [3.05, 3.63) is 72.2 Å². The molecule has 3 aliphatic rings. The van der Waals surface area contributed by atoms with E-state index in [0.29, 0.717) is 0 Å². The van der Waals surface area contributed by atoms with Crippen LogP contribution in [-0.4, -0.2) is 66.1 Å². The molecule has 4 heterocycles. The zero-order valence-electron chi connectivity index (χ0n) is 22.0. The molecule has 1 aromatic carbocycles. The minimum atomic E-state index is 0.0352. The van der Waals surface area contributed by atoms with Crippen LogP contribution in [0, 0.1) is 5.92 Å². The molecule has 2 aliphatic heterocycles. The molecule has 6 rings (SSSR count). The summed E-state index contributed by atoms with van der Waals surface area (Å²) in [4.78, 5) is 26.6. The first-order chi connectivity index (χ1) is 18.7. The summed E-state index contributed by atoms with van der Waals surface area (Å²) in [6, 6.07) is 14.2. The molecule has 0 radical (unpaired) electrons. The summed E-state index contributed by atoms with van der Waals surface area (Å²) in [6.07, 6.45) is 12.3. The molecular formula is C31H37N5O2. The van der Waals surface area contributed by atoms with Crippen LogP contribution in [0.4, 0.5) is 5.82 Å². The van der Waals surface area contributed by atoms with Crippen molar-refractivity contribution in [3.63, 3.8) is 0 Å². The Bertz CT molecular complexity index is 1220. The van der Waals surface area contributed by atoms with Gasteiger partial charge in [-0.15, -0.1) is 0 Å². The maximum Gasteiger partial charge on any atom is 0.251 e. The first-order valence-corrected chi connectivity index (χ1v) is 14.1. The molecule has 1 amide bonds. The Morgan fingerprint density at radius 1 is 0.947 bits per heavy atom. The normalized spacial score (nSPS) is 21.5. The van der Waals surface area contributed by atoms with Crippen molar-refractivity contribution in [2.75, 3.05) is 44.2 Å². The molecule has 0 unspecified atom stereocenters. The number of hydrogen-bond acceptors (Lipinski definition) is 6. The Morgan fingerprint density at radius 2 is 1.76 bits per heavy atom. The van der Waals surface area contributed by atoms with Crippen LogP contribution in [0.25, 0.3) is 11.1 Å². The molecular weight excluding hydrogens is 474 g/mol. The lowest BCUT2D eigenvalue weighted by molar-refractivity contribution is 0.0919. The topological polar surface area (TPSA) is 70.6 Å². The number of amides is 1. The summed E-state index contributed by atoms with van der Waals surface area (Å²) in [5.74, 6) is 2.83. The predicted octanol–water partition coefficient (Wildman–Crippen LogP) is 4.58. The van der Waals surface area contributed by atoms with E-state index in [0.717, 1.165) is 92.8 Å². The highest BCUT2D eigenvalue weighted by Gasteiger charge is 2.26. The molecule has 2 aromatic heterocycles. The van der Waals surface area contributed by atoms with E-state index in [-0.39, 0.29) is 11.9 Å². The Balaban J connectivity index is 0.911. The van der Waals surface area contributed by atoms with Gasteiger partial charge in [0.05, 0.1) is 6.61 Å². The molecule has 0 spiro atoms. The molecule has 7 heteroatoms. The van der Waals surface area contributed by atoms with Gasteiger partial charge in [0.1, 0.15) is 0 Å². The molecule has 1 saturated carbocycles. The third-order valence-electron chi connectivity index (χ3n) is 8.43. The van der Waals surface area contributed by atoms with Gasteiger partial charge in [0, 0.05) is 68.4 Å². The summed E-state index contributed by atoms with van der Waals surface area (Å²) in [5.41, 5.74) is 4.15. The Morgan fingerprint density at radius 3 is 2.53 bits per heavy atom. The lowest BCUT2D eigenvalue weighted by atomic mass is 9.84. The summed E-state index contributed by atoms with van der Waals surface area (Å²) >= 11 is 0. The summed E-state index contributed by atoms with van der Waals surface area (Å²) in [7, 11) is 0. The van der Waals surface area contributed by atoms with Crippen molar-refractivity contribution in [1.82, 2.24) is 20.2 Å². The standard InChI is InChI=1S/C31H37N5O2/c37-31(26-7-5-24(6-8-26)27-2-1-14-32-22-27)34-28-9-3-23(4-10-28)12-16-35-17-19-36(20-18-35)30-29-25(11-15-33-30)13-21-38-29/h1-2,5-8,11,14-15,22-23,28H,3-4,9-10,12-13,16-21H2,(H,34,37)/t23-,28-. The van der Waals surface area contributed by atoms with Crippen molar-refractivity contribution >= 4 is 11.7 Å². The highest BCUT2D eigenvalue weighted by molar-refractivity contribution is 5.94. The largest absolute Gasteiger partial charge is 0.489 e. The van der Waals surface area contributed by atoms with E-state index >= 15 is 0 Å². The van der Waals surface area contributed by atoms with Crippen LogP contribution < -0.4 is 15.0 Å². The first-order valence-electron chi connectivity index (χ1n) is 14.1. The fourth-order valence-corrected chi connectivity index (χ4v) is 6.08. The van der Waals surface area contributed by atoms with Crippen molar-refractivity contribution in [2.45, 2.75) is 44.6 Å². The third kappa shape index (κ3) is 5.68. The molecule has 1 N–H and O–H groups in total. The molecule has 1 saturated heterocycles. The summed E-state index contributed by atoms with van der Waals surface area (Å²) in [6.45, 7) is 6.12. The number of benzene rings is 1. The summed E-state index contributed by atoms with van der Waals surface area (Å²) < 4.78 is 5.87. The van der Waals surface area contributed by atoms with Crippen LogP contribution in [0.15, 0.2) is 61.1 Å². The monoisotopic (exact) mass is 511 g/mol. The molecule has 0 bridgehead atoms. The highest BCUT2D eigenvalue weighted by atomic mass is 16.5. The van der Waals surface area contributed by atoms with Crippen LogP contribution >= 0.6 is 0 Å². The van der Waals surface area contributed by atoms with Gasteiger partial charge in [0.2, 0.25) is 0 Å². The quantitative estimate of drug-likeness (QED) is 0.501. The number of aromatic nitrogens is 2. The van der Waals surface area contributed by atoms with E-state index in [4.69, 9.17) is 4.74 Å².